The lowest BCUT2D eigenvalue weighted by Crippen LogP contribution is -2.05. The Labute approximate surface area is 121 Å². The van der Waals surface area contributed by atoms with E-state index in [4.69, 9.17) is 4.74 Å². The number of carbonyl (C=O) groups is 1. The molecule has 2 heterocycles. The Morgan fingerprint density at radius 3 is 3.00 bits per heavy atom. The quantitative estimate of drug-likeness (QED) is 0.625. The molecule has 6 heteroatoms. The molecule has 0 atom stereocenters. The molecule has 1 aromatic carbocycles. The van der Waals surface area contributed by atoms with Crippen molar-refractivity contribution in [2.24, 2.45) is 4.99 Å². The van der Waals surface area contributed by atoms with E-state index in [1.165, 1.54) is 11.3 Å². The largest absolute Gasteiger partial charge is 0.402 e. The van der Waals surface area contributed by atoms with Gasteiger partial charge in [0.1, 0.15) is 0 Å². The Hall–Kier alpha value is -1.79. The van der Waals surface area contributed by atoms with E-state index in [0.29, 0.717) is 11.6 Å². The van der Waals surface area contributed by atoms with E-state index in [1.54, 1.807) is 11.6 Å². The number of aliphatic imine (C=N–C) groups is 1. The predicted molar refractivity (Wildman–Crippen MR) is 76.9 cm³/mol. The first-order valence-corrected chi connectivity index (χ1v) is 7.12. The normalized spacial score (nSPS) is 16.6. The number of thiazole rings is 1. The molecule has 0 fully saturated rings. The number of hydrogen-bond acceptors (Lipinski definition) is 5. The van der Waals surface area contributed by atoms with E-state index in [1.807, 2.05) is 29.6 Å². The zero-order valence-corrected chi connectivity index (χ0v) is 11.9. The summed E-state index contributed by atoms with van der Waals surface area (Å²) in [4.78, 5) is 20.0. The second kappa shape index (κ2) is 5.07. The molecule has 0 radical (unpaired) electrons. The number of carbonyl (C=O) groups excluding carboxylic acids is 1. The van der Waals surface area contributed by atoms with Crippen molar-refractivity contribution in [3.8, 4) is 0 Å². The van der Waals surface area contributed by atoms with Gasteiger partial charge in [0.25, 0.3) is 0 Å². The number of hydrogen-bond donors (Lipinski definition) is 0. The number of aromatic nitrogens is 1. The first-order chi connectivity index (χ1) is 9.22. The minimum Gasteiger partial charge on any atom is -0.402 e. The van der Waals surface area contributed by atoms with Crippen LogP contribution in [0.2, 0.25) is 0 Å². The van der Waals surface area contributed by atoms with Crippen molar-refractivity contribution in [3.05, 3.63) is 56.6 Å². The fourth-order valence-electron chi connectivity index (χ4n) is 1.59. The van der Waals surface area contributed by atoms with E-state index >= 15 is 0 Å². The van der Waals surface area contributed by atoms with Crippen molar-refractivity contribution in [1.82, 2.24) is 4.98 Å². The Bertz CT molecular complexity index is 692. The van der Waals surface area contributed by atoms with Crippen molar-refractivity contribution in [2.75, 3.05) is 0 Å². The molecular formula is C13H7BrN2O2S. The zero-order chi connectivity index (χ0) is 13.2. The monoisotopic (exact) mass is 334 g/mol. The zero-order valence-electron chi connectivity index (χ0n) is 9.54. The van der Waals surface area contributed by atoms with Gasteiger partial charge in [0.05, 0.1) is 11.2 Å². The van der Waals surface area contributed by atoms with Crippen LogP contribution in [0.4, 0.5) is 0 Å². The number of benzene rings is 1. The third-order valence-corrected chi connectivity index (χ3v) is 3.53. The molecule has 1 aliphatic heterocycles. The summed E-state index contributed by atoms with van der Waals surface area (Å²) in [6.07, 6.45) is 1.61. The smallest absolute Gasteiger partial charge is 0.363 e. The van der Waals surface area contributed by atoms with Gasteiger partial charge in [-0.05, 0) is 24.3 Å². The van der Waals surface area contributed by atoms with Crippen LogP contribution in [0.25, 0.3) is 6.08 Å². The minimum absolute atomic E-state index is 0.265. The molecule has 0 spiro atoms. The van der Waals surface area contributed by atoms with Crippen LogP contribution in [0.5, 0.6) is 0 Å². The number of esters is 1. The SMILES string of the molecule is O=C1OC(c2cccc(Br)c2)=NC1=Cc1cscn1. The number of rotatable bonds is 2. The number of nitrogens with zero attached hydrogens (tertiary/aromatic N) is 2. The minimum atomic E-state index is -0.456. The van der Waals surface area contributed by atoms with Crippen LogP contribution in [-0.2, 0) is 9.53 Å². The van der Waals surface area contributed by atoms with E-state index in [0.717, 1.165) is 10.0 Å². The molecule has 0 saturated heterocycles. The van der Waals surface area contributed by atoms with Crippen LogP contribution < -0.4 is 0 Å². The summed E-state index contributed by atoms with van der Waals surface area (Å²) in [5.74, 6) is -0.143. The Morgan fingerprint density at radius 2 is 2.26 bits per heavy atom. The maximum Gasteiger partial charge on any atom is 0.363 e. The van der Waals surface area contributed by atoms with Crippen molar-refractivity contribution >= 4 is 45.2 Å². The summed E-state index contributed by atoms with van der Waals surface area (Å²) in [6.45, 7) is 0. The highest BCUT2D eigenvalue weighted by Crippen LogP contribution is 2.20. The molecule has 19 heavy (non-hydrogen) atoms. The van der Waals surface area contributed by atoms with Crippen molar-refractivity contribution in [1.29, 1.82) is 0 Å². The van der Waals surface area contributed by atoms with Gasteiger partial charge in [0, 0.05) is 15.4 Å². The Morgan fingerprint density at radius 1 is 1.37 bits per heavy atom. The molecule has 94 valence electrons. The molecular weight excluding hydrogens is 328 g/mol. The molecule has 0 aliphatic carbocycles. The highest BCUT2D eigenvalue weighted by molar-refractivity contribution is 9.10. The topological polar surface area (TPSA) is 51.5 Å². The van der Waals surface area contributed by atoms with Gasteiger partial charge in [0.15, 0.2) is 5.70 Å². The summed E-state index contributed by atoms with van der Waals surface area (Å²) < 4.78 is 6.06. The van der Waals surface area contributed by atoms with E-state index in [2.05, 4.69) is 25.9 Å². The van der Waals surface area contributed by atoms with Crippen molar-refractivity contribution in [3.63, 3.8) is 0 Å². The van der Waals surface area contributed by atoms with Gasteiger partial charge >= 0.3 is 5.97 Å². The molecule has 1 aliphatic rings. The first-order valence-electron chi connectivity index (χ1n) is 5.39. The molecule has 2 aromatic rings. The number of ether oxygens (including phenoxy) is 1. The summed E-state index contributed by atoms with van der Waals surface area (Å²) in [6, 6.07) is 7.44. The highest BCUT2D eigenvalue weighted by atomic mass is 79.9. The van der Waals surface area contributed by atoms with Gasteiger partial charge in [-0.3, -0.25) is 0 Å². The van der Waals surface area contributed by atoms with Gasteiger partial charge in [-0.1, -0.05) is 22.0 Å². The summed E-state index contributed by atoms with van der Waals surface area (Å²) in [5.41, 5.74) is 3.42. The van der Waals surface area contributed by atoms with Crippen LogP contribution in [-0.4, -0.2) is 16.9 Å². The third kappa shape index (κ3) is 2.64. The molecule has 0 amide bonds. The van der Waals surface area contributed by atoms with Gasteiger partial charge in [-0.25, -0.2) is 14.8 Å². The fraction of sp³-hybridized carbons (Fsp3) is 0. The van der Waals surface area contributed by atoms with Gasteiger partial charge in [-0.2, -0.15) is 0 Å². The maximum absolute atomic E-state index is 11.7. The molecule has 0 bridgehead atoms. The fourth-order valence-corrected chi connectivity index (χ4v) is 2.50. The maximum atomic E-state index is 11.7. The second-order valence-electron chi connectivity index (χ2n) is 3.76. The van der Waals surface area contributed by atoms with Crippen LogP contribution in [0.1, 0.15) is 11.3 Å². The molecule has 0 saturated carbocycles. The summed E-state index contributed by atoms with van der Waals surface area (Å²) >= 11 is 4.83. The van der Waals surface area contributed by atoms with Gasteiger partial charge in [0.2, 0.25) is 5.90 Å². The first kappa shape index (κ1) is 12.3. The number of halogens is 1. The van der Waals surface area contributed by atoms with Crippen LogP contribution in [0.3, 0.4) is 0 Å². The summed E-state index contributed by atoms with van der Waals surface area (Å²) in [5, 5.41) is 1.84. The average molecular weight is 335 g/mol. The van der Waals surface area contributed by atoms with Gasteiger partial charge in [-0.15, -0.1) is 11.3 Å². The third-order valence-electron chi connectivity index (χ3n) is 2.43. The van der Waals surface area contributed by atoms with Crippen LogP contribution >= 0.6 is 27.3 Å². The summed E-state index contributed by atoms with van der Waals surface area (Å²) in [7, 11) is 0. The standard InChI is InChI=1S/C13H7BrN2O2S/c14-9-3-1-2-8(4-9)12-16-11(13(17)18-12)5-10-6-19-7-15-10/h1-7H. The molecule has 3 rings (SSSR count). The molecule has 0 unspecified atom stereocenters. The molecule has 4 nitrogen and oxygen atoms in total. The number of cyclic esters (lactones) is 1. The van der Waals surface area contributed by atoms with Crippen LogP contribution in [0, 0.1) is 0 Å². The highest BCUT2D eigenvalue weighted by Gasteiger charge is 2.24. The van der Waals surface area contributed by atoms with Crippen molar-refractivity contribution < 1.29 is 9.53 Å². The Balaban J connectivity index is 1.95. The van der Waals surface area contributed by atoms with E-state index < -0.39 is 5.97 Å². The van der Waals surface area contributed by atoms with Crippen LogP contribution in [0.15, 0.2) is 50.3 Å². The lowest BCUT2D eigenvalue weighted by atomic mass is 10.2. The molecule has 1 aromatic heterocycles. The van der Waals surface area contributed by atoms with E-state index in [-0.39, 0.29) is 5.70 Å². The van der Waals surface area contributed by atoms with E-state index in [9.17, 15) is 4.79 Å². The Kier molecular flexibility index (Phi) is 3.27. The van der Waals surface area contributed by atoms with Crippen molar-refractivity contribution in [2.45, 2.75) is 0 Å². The lowest BCUT2D eigenvalue weighted by Gasteiger charge is -1.99. The average Bonchev–Trinajstić information content (AvgIpc) is 3.01. The second-order valence-corrected chi connectivity index (χ2v) is 5.39. The predicted octanol–water partition coefficient (Wildman–Crippen LogP) is 3.25. The van der Waals surface area contributed by atoms with Gasteiger partial charge < -0.3 is 4.74 Å². The molecule has 0 N–H and O–H groups in total. The lowest BCUT2D eigenvalue weighted by molar-refractivity contribution is -0.129.